The molecule has 0 aromatic heterocycles. The van der Waals surface area contributed by atoms with Crippen molar-refractivity contribution in [1.82, 2.24) is 4.31 Å². The number of rotatable bonds is 6. The number of amides is 1. The highest BCUT2D eigenvalue weighted by atomic mass is 32.2. The summed E-state index contributed by atoms with van der Waals surface area (Å²) < 4.78 is 45.5. The largest absolute Gasteiger partial charge is 0.379 e. The molecule has 7 nitrogen and oxygen atoms in total. The van der Waals surface area contributed by atoms with Gasteiger partial charge in [-0.1, -0.05) is 6.07 Å². The SMILES string of the molecule is Cc1ccc(N[C@H](C)C(=O)Nc2ccc(S(=O)(=O)N3CCOCC3)cc2)cc1F. The lowest BCUT2D eigenvalue weighted by Gasteiger charge is -2.26. The third-order valence-electron chi connectivity index (χ3n) is 4.68. The van der Waals surface area contributed by atoms with Gasteiger partial charge >= 0.3 is 0 Å². The van der Waals surface area contributed by atoms with Crippen molar-refractivity contribution in [2.45, 2.75) is 24.8 Å². The summed E-state index contributed by atoms with van der Waals surface area (Å²) in [4.78, 5) is 12.6. The maximum atomic E-state index is 13.6. The van der Waals surface area contributed by atoms with E-state index in [2.05, 4.69) is 10.6 Å². The second-order valence-corrected chi connectivity index (χ2v) is 8.80. The Morgan fingerprint density at radius 3 is 2.34 bits per heavy atom. The fourth-order valence-corrected chi connectivity index (χ4v) is 4.30. The minimum Gasteiger partial charge on any atom is -0.379 e. The van der Waals surface area contributed by atoms with Crippen molar-refractivity contribution in [2.75, 3.05) is 36.9 Å². The molecule has 0 spiro atoms. The van der Waals surface area contributed by atoms with Crippen LogP contribution in [0, 0.1) is 12.7 Å². The van der Waals surface area contributed by atoms with E-state index in [4.69, 9.17) is 4.74 Å². The molecule has 0 aliphatic carbocycles. The Hall–Kier alpha value is -2.49. The number of aryl methyl sites for hydroxylation is 1. The first-order valence-electron chi connectivity index (χ1n) is 9.29. The number of hydrogen-bond acceptors (Lipinski definition) is 5. The minimum absolute atomic E-state index is 0.165. The molecule has 2 aromatic carbocycles. The maximum absolute atomic E-state index is 13.6. The number of nitrogens with zero attached hydrogens (tertiary/aromatic N) is 1. The number of sulfonamides is 1. The molecular formula is C20H24FN3O4S. The molecule has 1 aliphatic rings. The predicted octanol–water partition coefficient (Wildman–Crippen LogP) is 2.59. The zero-order valence-corrected chi connectivity index (χ0v) is 17.1. The van der Waals surface area contributed by atoms with Crippen LogP contribution in [-0.4, -0.2) is 51.0 Å². The quantitative estimate of drug-likeness (QED) is 0.749. The van der Waals surface area contributed by atoms with Gasteiger partial charge in [0.1, 0.15) is 11.9 Å². The Bertz CT molecular complexity index is 974. The summed E-state index contributed by atoms with van der Waals surface area (Å²) in [6, 6.07) is 10.1. The molecule has 0 bridgehead atoms. The topological polar surface area (TPSA) is 87.7 Å². The summed E-state index contributed by atoms with van der Waals surface area (Å²) in [7, 11) is -3.58. The smallest absolute Gasteiger partial charge is 0.246 e. The van der Waals surface area contributed by atoms with Gasteiger partial charge in [-0.05, 0) is 55.8 Å². The summed E-state index contributed by atoms with van der Waals surface area (Å²) in [6.07, 6.45) is 0. The molecule has 2 aromatic rings. The van der Waals surface area contributed by atoms with E-state index in [9.17, 15) is 17.6 Å². The van der Waals surface area contributed by atoms with Gasteiger partial charge < -0.3 is 15.4 Å². The van der Waals surface area contributed by atoms with Gasteiger partial charge in [-0.2, -0.15) is 4.31 Å². The van der Waals surface area contributed by atoms with Crippen LogP contribution in [0.15, 0.2) is 47.4 Å². The van der Waals surface area contributed by atoms with E-state index >= 15 is 0 Å². The molecule has 1 saturated heterocycles. The van der Waals surface area contributed by atoms with Crippen LogP contribution in [0.25, 0.3) is 0 Å². The van der Waals surface area contributed by atoms with Crippen LogP contribution in [0.1, 0.15) is 12.5 Å². The zero-order valence-electron chi connectivity index (χ0n) is 16.3. The molecule has 0 unspecified atom stereocenters. The maximum Gasteiger partial charge on any atom is 0.246 e. The number of ether oxygens (including phenoxy) is 1. The Labute approximate surface area is 169 Å². The molecule has 2 N–H and O–H groups in total. The van der Waals surface area contributed by atoms with Crippen molar-refractivity contribution < 1.29 is 22.3 Å². The van der Waals surface area contributed by atoms with Gasteiger partial charge in [0.2, 0.25) is 15.9 Å². The molecule has 9 heteroatoms. The third-order valence-corrected chi connectivity index (χ3v) is 6.59. The van der Waals surface area contributed by atoms with Gasteiger partial charge in [-0.25, -0.2) is 12.8 Å². The Morgan fingerprint density at radius 1 is 1.10 bits per heavy atom. The van der Waals surface area contributed by atoms with E-state index in [1.54, 1.807) is 38.1 Å². The summed E-state index contributed by atoms with van der Waals surface area (Å²) in [5.74, 6) is -0.672. The summed E-state index contributed by atoms with van der Waals surface area (Å²) in [5, 5.41) is 5.66. The highest BCUT2D eigenvalue weighted by Gasteiger charge is 2.26. The molecular weight excluding hydrogens is 397 g/mol. The highest BCUT2D eigenvalue weighted by molar-refractivity contribution is 7.89. The van der Waals surface area contributed by atoms with Gasteiger partial charge in [0.05, 0.1) is 18.1 Å². The number of anilines is 2. The van der Waals surface area contributed by atoms with Crippen LogP contribution < -0.4 is 10.6 Å². The number of morpholine rings is 1. The standard InChI is InChI=1S/C20H24FN3O4S/c1-14-3-4-17(13-19(14)21)22-15(2)20(25)23-16-5-7-18(8-6-16)29(26,27)24-9-11-28-12-10-24/h3-8,13,15,22H,9-12H2,1-2H3,(H,23,25)/t15-/m1/s1. The lowest BCUT2D eigenvalue weighted by molar-refractivity contribution is -0.116. The van der Waals surface area contributed by atoms with E-state index in [1.165, 1.54) is 22.5 Å². The molecule has 1 amide bonds. The van der Waals surface area contributed by atoms with Crippen molar-refractivity contribution in [3.63, 3.8) is 0 Å². The minimum atomic E-state index is -3.58. The van der Waals surface area contributed by atoms with E-state index in [-0.39, 0.29) is 16.6 Å². The number of benzene rings is 2. The van der Waals surface area contributed by atoms with Crippen molar-refractivity contribution in [3.8, 4) is 0 Å². The number of nitrogens with one attached hydrogen (secondary N) is 2. The predicted molar refractivity (Wildman–Crippen MR) is 109 cm³/mol. The molecule has 1 heterocycles. The van der Waals surface area contributed by atoms with Gasteiger partial charge in [0, 0.05) is 24.5 Å². The molecule has 29 heavy (non-hydrogen) atoms. The monoisotopic (exact) mass is 421 g/mol. The molecule has 1 aliphatic heterocycles. The van der Waals surface area contributed by atoms with E-state index in [1.807, 2.05) is 0 Å². The van der Waals surface area contributed by atoms with E-state index in [0.29, 0.717) is 43.2 Å². The Kier molecular flexibility index (Phi) is 6.51. The van der Waals surface area contributed by atoms with Crippen LogP contribution in [-0.2, 0) is 19.6 Å². The molecule has 156 valence electrons. The Morgan fingerprint density at radius 2 is 1.72 bits per heavy atom. The van der Waals surface area contributed by atoms with Crippen molar-refractivity contribution in [3.05, 3.63) is 53.8 Å². The molecule has 1 atom stereocenters. The lowest BCUT2D eigenvalue weighted by Crippen LogP contribution is -2.40. The number of carbonyl (C=O) groups excluding carboxylic acids is 1. The van der Waals surface area contributed by atoms with Crippen LogP contribution >= 0.6 is 0 Å². The highest BCUT2D eigenvalue weighted by Crippen LogP contribution is 2.20. The first kappa shape index (κ1) is 21.2. The van der Waals surface area contributed by atoms with Crippen LogP contribution in [0.3, 0.4) is 0 Å². The average Bonchev–Trinajstić information content (AvgIpc) is 2.72. The van der Waals surface area contributed by atoms with Crippen molar-refractivity contribution >= 4 is 27.3 Å². The van der Waals surface area contributed by atoms with Crippen LogP contribution in [0.2, 0.25) is 0 Å². The molecule has 3 rings (SSSR count). The molecule has 0 radical (unpaired) electrons. The number of carbonyl (C=O) groups is 1. The second kappa shape index (κ2) is 8.89. The first-order valence-corrected chi connectivity index (χ1v) is 10.7. The summed E-state index contributed by atoms with van der Waals surface area (Å²) in [5.41, 5.74) is 1.50. The van der Waals surface area contributed by atoms with Crippen LogP contribution in [0.4, 0.5) is 15.8 Å². The third kappa shape index (κ3) is 5.11. The van der Waals surface area contributed by atoms with Crippen molar-refractivity contribution in [2.24, 2.45) is 0 Å². The first-order chi connectivity index (χ1) is 13.8. The average molecular weight is 421 g/mol. The summed E-state index contributed by atoms with van der Waals surface area (Å²) >= 11 is 0. The van der Waals surface area contributed by atoms with Crippen LogP contribution in [0.5, 0.6) is 0 Å². The zero-order chi connectivity index (χ0) is 21.0. The van der Waals surface area contributed by atoms with Gasteiger partial charge in [0.25, 0.3) is 0 Å². The van der Waals surface area contributed by atoms with Gasteiger partial charge in [-0.15, -0.1) is 0 Å². The van der Waals surface area contributed by atoms with Crippen molar-refractivity contribution in [1.29, 1.82) is 0 Å². The number of hydrogen-bond donors (Lipinski definition) is 2. The van der Waals surface area contributed by atoms with Gasteiger partial charge in [-0.3, -0.25) is 4.79 Å². The lowest BCUT2D eigenvalue weighted by atomic mass is 10.2. The van der Waals surface area contributed by atoms with Gasteiger partial charge in [0.15, 0.2) is 0 Å². The summed E-state index contributed by atoms with van der Waals surface area (Å²) in [6.45, 7) is 4.72. The molecule has 0 saturated carbocycles. The Balaban J connectivity index is 1.62. The fourth-order valence-electron chi connectivity index (χ4n) is 2.89. The van der Waals surface area contributed by atoms with E-state index < -0.39 is 16.1 Å². The number of halogens is 1. The van der Waals surface area contributed by atoms with E-state index in [0.717, 1.165) is 0 Å². The normalized spacial score (nSPS) is 16.2. The second-order valence-electron chi connectivity index (χ2n) is 6.86. The molecule has 1 fully saturated rings. The fraction of sp³-hybridized carbons (Fsp3) is 0.350.